The van der Waals surface area contributed by atoms with Gasteiger partial charge in [-0.3, -0.25) is 9.59 Å². The maximum Gasteiger partial charge on any atom is 0.200 e. The first-order valence-corrected chi connectivity index (χ1v) is 5.21. The van der Waals surface area contributed by atoms with Gasteiger partial charge in [-0.25, -0.2) is 0 Å². The molecule has 82 valence electrons. The number of aromatic nitrogens is 1. The normalized spacial score (nSPS) is 10.7. The number of H-pyrrole nitrogens is 1. The number of halogens is 1. The summed E-state index contributed by atoms with van der Waals surface area (Å²) in [5, 5.41) is 1.09. The van der Waals surface area contributed by atoms with Gasteiger partial charge >= 0.3 is 0 Å². The molecule has 2 rings (SSSR count). The predicted octanol–water partition coefficient (Wildman–Crippen LogP) is 2.69. The summed E-state index contributed by atoms with van der Waals surface area (Å²) in [7, 11) is 0. The number of Topliss-reactive ketones (excluding diaryl/α,β-unsaturated/α-hetero) is 1. The van der Waals surface area contributed by atoms with Crippen molar-refractivity contribution in [2.45, 2.75) is 13.8 Å². The van der Waals surface area contributed by atoms with Crippen LogP contribution in [-0.4, -0.2) is 10.8 Å². The van der Waals surface area contributed by atoms with Gasteiger partial charge in [0, 0.05) is 16.6 Å². The van der Waals surface area contributed by atoms with Crippen molar-refractivity contribution < 1.29 is 4.79 Å². The van der Waals surface area contributed by atoms with Crippen LogP contribution in [0.4, 0.5) is 0 Å². The van der Waals surface area contributed by atoms with Crippen LogP contribution in [0, 0.1) is 6.92 Å². The summed E-state index contributed by atoms with van der Waals surface area (Å²) < 4.78 is 0. The van der Waals surface area contributed by atoms with Crippen LogP contribution >= 0.6 is 11.6 Å². The van der Waals surface area contributed by atoms with Gasteiger partial charge in [0.1, 0.15) is 0 Å². The molecule has 0 aliphatic rings. The van der Waals surface area contributed by atoms with E-state index in [4.69, 9.17) is 11.6 Å². The summed E-state index contributed by atoms with van der Waals surface area (Å²) in [6.45, 7) is 3.20. The summed E-state index contributed by atoms with van der Waals surface area (Å²) in [5.41, 5.74) is 1.39. The molecule has 0 saturated heterocycles. The van der Waals surface area contributed by atoms with Crippen LogP contribution in [0.2, 0.25) is 5.02 Å². The van der Waals surface area contributed by atoms with E-state index in [1.807, 2.05) is 6.92 Å². The number of hydrogen-bond donors (Lipinski definition) is 1. The summed E-state index contributed by atoms with van der Waals surface area (Å²) in [6, 6.07) is 3.39. The molecule has 0 aliphatic carbocycles. The Bertz CT molecular complexity index is 643. The molecular weight excluding hydrogens is 226 g/mol. The van der Waals surface area contributed by atoms with Gasteiger partial charge in [0.15, 0.2) is 11.2 Å². The van der Waals surface area contributed by atoms with E-state index in [0.29, 0.717) is 15.9 Å². The predicted molar refractivity (Wildman–Crippen MR) is 64.3 cm³/mol. The Labute approximate surface area is 97.1 Å². The van der Waals surface area contributed by atoms with Crippen molar-refractivity contribution in [3.8, 4) is 0 Å². The molecule has 1 N–H and O–H groups in total. The quantitative estimate of drug-likeness (QED) is 0.773. The molecule has 0 unspecified atom stereocenters. The summed E-state index contributed by atoms with van der Waals surface area (Å²) >= 11 is 5.95. The van der Waals surface area contributed by atoms with E-state index in [-0.39, 0.29) is 16.8 Å². The lowest BCUT2D eigenvalue weighted by molar-refractivity contribution is 0.101. The average molecular weight is 236 g/mol. The Morgan fingerprint density at radius 3 is 2.69 bits per heavy atom. The highest BCUT2D eigenvalue weighted by Gasteiger charge is 2.10. The molecule has 2 aromatic rings. The molecule has 3 nitrogen and oxygen atoms in total. The molecule has 1 aromatic heterocycles. The van der Waals surface area contributed by atoms with Gasteiger partial charge in [-0.2, -0.15) is 0 Å². The molecule has 1 aromatic carbocycles. The van der Waals surface area contributed by atoms with E-state index >= 15 is 0 Å². The summed E-state index contributed by atoms with van der Waals surface area (Å²) in [5.74, 6) is -0.240. The molecule has 0 saturated carbocycles. The average Bonchev–Trinajstić information content (AvgIpc) is 2.21. The van der Waals surface area contributed by atoms with E-state index < -0.39 is 0 Å². The summed E-state index contributed by atoms with van der Waals surface area (Å²) in [4.78, 5) is 26.1. The minimum absolute atomic E-state index is 0.175. The molecule has 0 atom stereocenters. The highest BCUT2D eigenvalue weighted by Crippen LogP contribution is 2.20. The summed E-state index contributed by atoms with van der Waals surface area (Å²) in [6.07, 6.45) is 1.43. The van der Waals surface area contributed by atoms with E-state index in [0.717, 1.165) is 5.56 Å². The molecule has 0 amide bonds. The number of carbonyl (C=O) groups is 1. The van der Waals surface area contributed by atoms with Gasteiger partial charge in [0.25, 0.3) is 0 Å². The fourth-order valence-corrected chi connectivity index (χ4v) is 1.77. The molecule has 0 aliphatic heterocycles. The van der Waals surface area contributed by atoms with Crippen LogP contribution in [0.5, 0.6) is 0 Å². The number of fused-ring (bicyclic) bond motifs is 1. The molecule has 1 heterocycles. The van der Waals surface area contributed by atoms with Gasteiger partial charge in [0.05, 0.1) is 11.1 Å². The van der Waals surface area contributed by atoms with Crippen molar-refractivity contribution in [3.63, 3.8) is 0 Å². The zero-order valence-electron chi connectivity index (χ0n) is 8.93. The maximum atomic E-state index is 11.9. The smallest absolute Gasteiger partial charge is 0.200 e. The maximum absolute atomic E-state index is 11.9. The SMILES string of the molecule is CC(=O)c1c[nH]c2cc(Cl)c(C)cc2c1=O. The Kier molecular flexibility index (Phi) is 2.56. The molecule has 4 heteroatoms. The minimum Gasteiger partial charge on any atom is -0.360 e. The van der Waals surface area contributed by atoms with Gasteiger partial charge in [-0.15, -0.1) is 0 Å². The first-order chi connectivity index (χ1) is 7.50. The highest BCUT2D eigenvalue weighted by atomic mass is 35.5. The van der Waals surface area contributed by atoms with E-state index in [1.165, 1.54) is 13.1 Å². The van der Waals surface area contributed by atoms with Crippen LogP contribution in [0.25, 0.3) is 10.9 Å². The lowest BCUT2D eigenvalue weighted by Gasteiger charge is -2.03. The van der Waals surface area contributed by atoms with Gasteiger partial charge in [-0.1, -0.05) is 11.6 Å². The van der Waals surface area contributed by atoms with E-state index in [1.54, 1.807) is 12.1 Å². The minimum atomic E-state index is -0.249. The second kappa shape index (κ2) is 3.76. The molecule has 0 bridgehead atoms. The Hall–Kier alpha value is -1.61. The monoisotopic (exact) mass is 235 g/mol. The van der Waals surface area contributed by atoms with Crippen molar-refractivity contribution in [1.82, 2.24) is 4.98 Å². The van der Waals surface area contributed by atoms with Crippen molar-refractivity contribution in [1.29, 1.82) is 0 Å². The van der Waals surface area contributed by atoms with Crippen molar-refractivity contribution in [2.75, 3.05) is 0 Å². The lowest BCUT2D eigenvalue weighted by atomic mass is 10.1. The van der Waals surface area contributed by atoms with E-state index in [2.05, 4.69) is 4.98 Å². The molecule has 16 heavy (non-hydrogen) atoms. The van der Waals surface area contributed by atoms with Crippen LogP contribution < -0.4 is 5.43 Å². The third-order valence-electron chi connectivity index (χ3n) is 2.54. The second-order valence-corrected chi connectivity index (χ2v) is 4.14. The van der Waals surface area contributed by atoms with Crippen LogP contribution in [-0.2, 0) is 0 Å². The number of hydrogen-bond acceptors (Lipinski definition) is 2. The topological polar surface area (TPSA) is 49.9 Å². The Balaban J connectivity index is 2.90. The number of rotatable bonds is 1. The number of aryl methyl sites for hydroxylation is 1. The number of pyridine rings is 1. The third-order valence-corrected chi connectivity index (χ3v) is 2.95. The van der Waals surface area contributed by atoms with Crippen molar-refractivity contribution in [3.05, 3.63) is 44.7 Å². The van der Waals surface area contributed by atoms with Crippen LogP contribution in [0.1, 0.15) is 22.8 Å². The molecular formula is C12H10ClNO2. The second-order valence-electron chi connectivity index (χ2n) is 3.73. The molecule has 0 spiro atoms. The zero-order valence-corrected chi connectivity index (χ0v) is 9.68. The van der Waals surface area contributed by atoms with Crippen LogP contribution in [0.15, 0.2) is 23.1 Å². The van der Waals surface area contributed by atoms with Gasteiger partial charge < -0.3 is 4.98 Å². The lowest BCUT2D eigenvalue weighted by Crippen LogP contribution is -2.13. The first-order valence-electron chi connectivity index (χ1n) is 4.83. The number of nitrogens with one attached hydrogen (secondary N) is 1. The zero-order chi connectivity index (χ0) is 11.9. The van der Waals surface area contributed by atoms with Gasteiger partial charge in [0.2, 0.25) is 0 Å². The highest BCUT2D eigenvalue weighted by molar-refractivity contribution is 6.32. The first kappa shape index (κ1) is 10.9. The van der Waals surface area contributed by atoms with Crippen LogP contribution in [0.3, 0.4) is 0 Å². The van der Waals surface area contributed by atoms with Crippen molar-refractivity contribution >= 4 is 28.3 Å². The fourth-order valence-electron chi connectivity index (χ4n) is 1.61. The molecule has 0 radical (unpaired) electrons. The standard InChI is InChI=1S/C12H10ClNO2/c1-6-3-8-11(4-10(6)13)14-5-9(7(2)15)12(8)16/h3-5H,1-2H3,(H,14,16). The number of benzene rings is 1. The third kappa shape index (κ3) is 1.63. The number of carbonyl (C=O) groups excluding carboxylic acids is 1. The Morgan fingerprint density at radius 1 is 1.38 bits per heavy atom. The fraction of sp³-hybridized carbons (Fsp3) is 0.167. The van der Waals surface area contributed by atoms with Gasteiger partial charge in [-0.05, 0) is 31.5 Å². The number of ketones is 1. The largest absolute Gasteiger partial charge is 0.360 e. The molecule has 0 fully saturated rings. The van der Waals surface area contributed by atoms with Crippen molar-refractivity contribution in [2.24, 2.45) is 0 Å². The number of aromatic amines is 1. The van der Waals surface area contributed by atoms with E-state index in [9.17, 15) is 9.59 Å². The Morgan fingerprint density at radius 2 is 2.06 bits per heavy atom.